The zero-order chi connectivity index (χ0) is 12.0. The minimum absolute atomic E-state index is 0.167. The van der Waals surface area contributed by atoms with E-state index in [2.05, 4.69) is 24.5 Å². The second-order valence-corrected chi connectivity index (χ2v) is 4.51. The third-order valence-electron chi connectivity index (χ3n) is 2.74. The molecule has 0 aliphatic rings. The Bertz CT molecular complexity index is 304. The van der Waals surface area contributed by atoms with Gasteiger partial charge in [0.15, 0.2) is 0 Å². The Balaban J connectivity index is 2.49. The molecule has 1 rings (SSSR count). The maximum Gasteiger partial charge on any atom is 0.0642 e. The normalized spacial score (nSPS) is 15.0. The van der Waals surface area contributed by atoms with Gasteiger partial charge in [-0.1, -0.05) is 0 Å². The summed E-state index contributed by atoms with van der Waals surface area (Å²) in [5.41, 5.74) is 1.07. The molecule has 1 unspecified atom stereocenters. The van der Waals surface area contributed by atoms with Gasteiger partial charge in [0.1, 0.15) is 0 Å². The quantitative estimate of drug-likeness (QED) is 0.726. The van der Waals surface area contributed by atoms with E-state index < -0.39 is 0 Å². The third kappa shape index (κ3) is 3.96. The van der Waals surface area contributed by atoms with Crippen molar-refractivity contribution in [3.05, 3.63) is 24.0 Å². The zero-order valence-corrected chi connectivity index (χ0v) is 10.4. The van der Waals surface area contributed by atoms with E-state index in [1.807, 2.05) is 17.8 Å². The van der Waals surface area contributed by atoms with Gasteiger partial charge in [0.2, 0.25) is 0 Å². The van der Waals surface area contributed by atoms with Crippen LogP contribution in [0.4, 0.5) is 0 Å². The van der Waals surface area contributed by atoms with Crippen molar-refractivity contribution in [2.24, 2.45) is 7.05 Å². The van der Waals surface area contributed by atoms with Crippen molar-refractivity contribution >= 4 is 0 Å². The van der Waals surface area contributed by atoms with Gasteiger partial charge in [-0.15, -0.1) is 0 Å². The number of nitrogens with one attached hydrogen (secondary N) is 1. The molecule has 0 aromatic carbocycles. The summed E-state index contributed by atoms with van der Waals surface area (Å²) in [5.74, 6) is 0. The first-order valence-corrected chi connectivity index (χ1v) is 5.55. The van der Waals surface area contributed by atoms with Crippen molar-refractivity contribution in [2.75, 3.05) is 20.3 Å². The van der Waals surface area contributed by atoms with E-state index in [1.165, 1.54) is 5.56 Å². The van der Waals surface area contributed by atoms with E-state index >= 15 is 0 Å². The van der Waals surface area contributed by atoms with Crippen LogP contribution in [0.5, 0.6) is 0 Å². The number of aliphatic hydroxyl groups excluding tert-OH is 1. The molecule has 0 saturated carbocycles. The maximum atomic E-state index is 9.03. The lowest BCUT2D eigenvalue weighted by molar-refractivity contribution is 0.0969. The summed E-state index contributed by atoms with van der Waals surface area (Å²) in [6.07, 6.45) is 4.80. The highest BCUT2D eigenvalue weighted by Crippen LogP contribution is 2.11. The molecule has 1 aromatic rings. The van der Waals surface area contributed by atoms with Gasteiger partial charge < -0.3 is 19.7 Å². The molecule has 2 N–H and O–H groups in total. The Morgan fingerprint density at radius 2 is 2.31 bits per heavy atom. The smallest absolute Gasteiger partial charge is 0.0642 e. The first kappa shape index (κ1) is 13.2. The fraction of sp³-hybridized carbons (Fsp3) is 0.667. The van der Waals surface area contributed by atoms with Crippen molar-refractivity contribution in [1.82, 2.24) is 9.88 Å². The van der Waals surface area contributed by atoms with Crippen LogP contribution in [0.15, 0.2) is 18.5 Å². The lowest BCUT2D eigenvalue weighted by atomic mass is 9.99. The molecule has 1 aromatic heterocycles. The second-order valence-electron chi connectivity index (χ2n) is 4.51. The van der Waals surface area contributed by atoms with Crippen molar-refractivity contribution in [1.29, 1.82) is 0 Å². The summed E-state index contributed by atoms with van der Waals surface area (Å²) in [5, 5.41) is 12.5. The fourth-order valence-electron chi connectivity index (χ4n) is 1.76. The molecule has 0 spiro atoms. The van der Waals surface area contributed by atoms with Gasteiger partial charge in [0.05, 0.1) is 6.61 Å². The largest absolute Gasteiger partial charge is 0.396 e. The maximum absolute atomic E-state index is 9.03. The summed E-state index contributed by atoms with van der Waals surface area (Å²) in [7, 11) is 3.69. The Morgan fingerprint density at radius 3 is 2.81 bits per heavy atom. The fourth-order valence-corrected chi connectivity index (χ4v) is 1.76. The molecular weight excluding hydrogens is 204 g/mol. The number of ether oxygens (including phenoxy) is 1. The highest BCUT2D eigenvalue weighted by Gasteiger charge is 2.22. The van der Waals surface area contributed by atoms with Gasteiger partial charge in [-0.3, -0.25) is 0 Å². The summed E-state index contributed by atoms with van der Waals surface area (Å²) >= 11 is 0. The summed E-state index contributed by atoms with van der Waals surface area (Å²) in [6, 6.07) is 2.08. The van der Waals surface area contributed by atoms with Crippen LogP contribution in [0.1, 0.15) is 18.9 Å². The van der Waals surface area contributed by atoms with E-state index in [-0.39, 0.29) is 12.1 Å². The average Bonchev–Trinajstić information content (AvgIpc) is 2.62. The van der Waals surface area contributed by atoms with Crippen molar-refractivity contribution in [3.8, 4) is 0 Å². The minimum Gasteiger partial charge on any atom is -0.396 e. The zero-order valence-electron chi connectivity index (χ0n) is 10.4. The van der Waals surface area contributed by atoms with E-state index in [4.69, 9.17) is 9.84 Å². The molecule has 92 valence electrons. The number of aliphatic hydroxyl groups is 1. The average molecular weight is 226 g/mol. The Labute approximate surface area is 97.2 Å². The number of hydrogen-bond donors (Lipinski definition) is 2. The molecule has 0 saturated heterocycles. The molecular formula is C12H22N2O2. The number of aryl methyl sites for hydroxylation is 1. The topological polar surface area (TPSA) is 46.4 Å². The van der Waals surface area contributed by atoms with Crippen molar-refractivity contribution < 1.29 is 9.84 Å². The van der Waals surface area contributed by atoms with Crippen LogP contribution in [0, 0.1) is 0 Å². The molecule has 0 bridgehead atoms. The van der Waals surface area contributed by atoms with Crippen LogP contribution < -0.4 is 5.32 Å². The molecule has 0 radical (unpaired) electrons. The monoisotopic (exact) mass is 226 g/mol. The number of aromatic nitrogens is 1. The molecule has 4 heteroatoms. The van der Waals surface area contributed by atoms with Crippen molar-refractivity contribution in [2.45, 2.75) is 25.4 Å². The van der Waals surface area contributed by atoms with Gasteiger partial charge in [0, 0.05) is 45.2 Å². The van der Waals surface area contributed by atoms with Gasteiger partial charge in [-0.05, 0) is 25.0 Å². The minimum atomic E-state index is -0.167. The number of rotatable bonds is 7. The molecule has 0 fully saturated rings. The standard InChI is InChI=1S/C12H22N2O2/c1-12(5-7-15,10-16-3)13-8-11-4-6-14(2)9-11/h4,6,9,13,15H,5,7-8,10H2,1-3H3. The lowest BCUT2D eigenvalue weighted by Crippen LogP contribution is -2.46. The first-order chi connectivity index (χ1) is 7.59. The molecule has 0 aliphatic carbocycles. The van der Waals surface area contributed by atoms with Gasteiger partial charge in [-0.25, -0.2) is 0 Å². The van der Waals surface area contributed by atoms with Gasteiger partial charge >= 0.3 is 0 Å². The molecule has 16 heavy (non-hydrogen) atoms. The molecule has 0 aliphatic heterocycles. The van der Waals surface area contributed by atoms with Crippen molar-refractivity contribution in [3.63, 3.8) is 0 Å². The number of methoxy groups -OCH3 is 1. The van der Waals surface area contributed by atoms with Gasteiger partial charge in [-0.2, -0.15) is 0 Å². The van der Waals surface area contributed by atoms with Crippen LogP contribution in [-0.2, 0) is 18.3 Å². The van der Waals surface area contributed by atoms with Crippen LogP contribution in [0.25, 0.3) is 0 Å². The molecule has 4 nitrogen and oxygen atoms in total. The summed E-state index contributed by atoms with van der Waals surface area (Å²) in [6.45, 7) is 3.62. The van der Waals surface area contributed by atoms with Gasteiger partial charge in [0.25, 0.3) is 0 Å². The Kier molecular flexibility index (Phi) is 4.99. The first-order valence-electron chi connectivity index (χ1n) is 5.55. The predicted octanol–water partition coefficient (Wildman–Crippen LogP) is 0.902. The third-order valence-corrected chi connectivity index (χ3v) is 2.74. The molecule has 1 atom stereocenters. The Morgan fingerprint density at radius 1 is 1.56 bits per heavy atom. The van der Waals surface area contributed by atoms with Crippen LogP contribution >= 0.6 is 0 Å². The van der Waals surface area contributed by atoms with E-state index in [9.17, 15) is 0 Å². The van der Waals surface area contributed by atoms with E-state index in [0.717, 1.165) is 6.54 Å². The second kappa shape index (κ2) is 6.03. The Hall–Kier alpha value is -0.840. The highest BCUT2D eigenvalue weighted by atomic mass is 16.5. The highest BCUT2D eigenvalue weighted by molar-refractivity contribution is 5.10. The molecule has 0 amide bonds. The SMILES string of the molecule is COCC(C)(CCO)NCc1ccn(C)c1. The predicted molar refractivity (Wildman–Crippen MR) is 64.2 cm³/mol. The van der Waals surface area contributed by atoms with E-state index in [0.29, 0.717) is 13.0 Å². The molecule has 1 heterocycles. The number of nitrogens with zero attached hydrogens (tertiary/aromatic N) is 1. The van der Waals surface area contributed by atoms with E-state index in [1.54, 1.807) is 7.11 Å². The summed E-state index contributed by atoms with van der Waals surface area (Å²) < 4.78 is 7.20. The summed E-state index contributed by atoms with van der Waals surface area (Å²) in [4.78, 5) is 0. The van der Waals surface area contributed by atoms with Crippen LogP contribution in [-0.4, -0.2) is 35.5 Å². The lowest BCUT2D eigenvalue weighted by Gasteiger charge is -2.29. The number of hydrogen-bond acceptors (Lipinski definition) is 3. The van der Waals surface area contributed by atoms with Crippen LogP contribution in [0.2, 0.25) is 0 Å². The van der Waals surface area contributed by atoms with Crippen LogP contribution in [0.3, 0.4) is 0 Å².